The van der Waals surface area contributed by atoms with E-state index in [0.717, 1.165) is 17.0 Å². The summed E-state index contributed by atoms with van der Waals surface area (Å²) in [6.45, 7) is 9.00. The topological polar surface area (TPSA) is 67.1 Å². The molecule has 1 aromatic heterocycles. The van der Waals surface area contributed by atoms with Crippen molar-refractivity contribution in [1.82, 2.24) is 10.2 Å². The third kappa shape index (κ3) is 1.66. The molecule has 0 bridgehead atoms. The second kappa shape index (κ2) is 3.71. The van der Waals surface area contributed by atoms with Crippen LogP contribution in [0.5, 0.6) is 0 Å². The number of nitrogens with one attached hydrogen (secondary N) is 1. The second-order valence-electron chi connectivity index (χ2n) is 2.50. The molecule has 0 aliphatic heterocycles. The molecule has 0 aromatic carbocycles. The standard InChI is InChI=1S/C9H12N4/c1-4-7-8(6(3)11-5-2)12-13-9(7)10/h4-5H,1-2H2,3H3,(H3,10,12,13). The Labute approximate surface area is 76.9 Å². The van der Waals surface area contributed by atoms with E-state index in [-0.39, 0.29) is 0 Å². The number of nitrogens with two attached hydrogens (primary N) is 1. The minimum absolute atomic E-state index is 0.434. The van der Waals surface area contributed by atoms with Gasteiger partial charge in [-0.15, -0.1) is 0 Å². The fourth-order valence-electron chi connectivity index (χ4n) is 1.05. The molecule has 0 aliphatic carbocycles. The lowest BCUT2D eigenvalue weighted by molar-refractivity contribution is 1.08. The number of hydrogen-bond donors (Lipinski definition) is 2. The van der Waals surface area contributed by atoms with Crippen molar-refractivity contribution in [2.45, 2.75) is 6.92 Å². The summed E-state index contributed by atoms with van der Waals surface area (Å²) in [6.07, 6.45) is 3.12. The van der Waals surface area contributed by atoms with Crippen LogP contribution in [0, 0.1) is 0 Å². The number of H-pyrrole nitrogens is 1. The molecule has 0 amide bonds. The molecule has 13 heavy (non-hydrogen) atoms. The summed E-state index contributed by atoms with van der Waals surface area (Å²) in [5.41, 5.74) is 7.94. The van der Waals surface area contributed by atoms with Crippen molar-refractivity contribution < 1.29 is 0 Å². The van der Waals surface area contributed by atoms with E-state index in [0.29, 0.717) is 5.82 Å². The van der Waals surface area contributed by atoms with E-state index in [2.05, 4.69) is 28.3 Å². The van der Waals surface area contributed by atoms with E-state index < -0.39 is 0 Å². The van der Waals surface area contributed by atoms with Gasteiger partial charge >= 0.3 is 0 Å². The molecule has 0 aliphatic rings. The third-order valence-electron chi connectivity index (χ3n) is 1.68. The number of rotatable bonds is 3. The van der Waals surface area contributed by atoms with E-state index >= 15 is 0 Å². The van der Waals surface area contributed by atoms with E-state index in [9.17, 15) is 0 Å². The van der Waals surface area contributed by atoms with Gasteiger partial charge in [-0.25, -0.2) is 0 Å². The van der Waals surface area contributed by atoms with Crippen LogP contribution in [0.25, 0.3) is 6.08 Å². The van der Waals surface area contributed by atoms with Gasteiger partial charge in [-0.2, -0.15) is 5.10 Å². The molecule has 0 saturated heterocycles. The van der Waals surface area contributed by atoms with Gasteiger partial charge in [0.2, 0.25) is 0 Å². The Hall–Kier alpha value is -1.84. The lowest BCUT2D eigenvalue weighted by Crippen LogP contribution is -1.97. The molecular weight excluding hydrogens is 164 g/mol. The SMILES string of the molecule is C=CN=C(C)c1[nH]nc(N)c1C=C. The highest BCUT2D eigenvalue weighted by molar-refractivity contribution is 6.01. The summed E-state index contributed by atoms with van der Waals surface area (Å²) in [4.78, 5) is 4.02. The number of hydrogen-bond acceptors (Lipinski definition) is 3. The van der Waals surface area contributed by atoms with Gasteiger partial charge in [0.25, 0.3) is 0 Å². The van der Waals surface area contributed by atoms with Crippen LogP contribution in [0.2, 0.25) is 0 Å². The number of aromatic nitrogens is 2. The summed E-state index contributed by atoms with van der Waals surface area (Å²) in [6, 6.07) is 0. The van der Waals surface area contributed by atoms with Gasteiger partial charge in [-0.05, 0) is 6.92 Å². The van der Waals surface area contributed by atoms with Crippen molar-refractivity contribution in [2.24, 2.45) is 4.99 Å². The molecule has 0 saturated carbocycles. The van der Waals surface area contributed by atoms with Gasteiger partial charge in [0.05, 0.1) is 11.4 Å². The first-order valence-corrected chi connectivity index (χ1v) is 3.82. The van der Waals surface area contributed by atoms with Crippen molar-refractivity contribution in [3.8, 4) is 0 Å². The highest BCUT2D eigenvalue weighted by Crippen LogP contribution is 2.15. The van der Waals surface area contributed by atoms with Crippen LogP contribution in [-0.4, -0.2) is 15.9 Å². The first kappa shape index (κ1) is 9.25. The predicted molar refractivity (Wildman–Crippen MR) is 55.5 cm³/mol. The zero-order valence-corrected chi connectivity index (χ0v) is 7.54. The monoisotopic (exact) mass is 176 g/mol. The van der Waals surface area contributed by atoms with Crippen LogP contribution in [0.3, 0.4) is 0 Å². The summed E-state index contributed by atoms with van der Waals surface area (Å²) < 4.78 is 0. The molecular formula is C9H12N4. The lowest BCUT2D eigenvalue weighted by Gasteiger charge is -1.96. The summed E-state index contributed by atoms with van der Waals surface area (Å²) in [7, 11) is 0. The third-order valence-corrected chi connectivity index (χ3v) is 1.68. The summed E-state index contributed by atoms with van der Waals surface area (Å²) >= 11 is 0. The van der Waals surface area contributed by atoms with Gasteiger partial charge in [0.1, 0.15) is 0 Å². The molecule has 0 radical (unpaired) electrons. The van der Waals surface area contributed by atoms with Crippen molar-refractivity contribution in [2.75, 3.05) is 5.73 Å². The molecule has 4 heteroatoms. The van der Waals surface area contributed by atoms with Crippen LogP contribution in [0.4, 0.5) is 5.82 Å². The van der Waals surface area contributed by atoms with Crippen molar-refractivity contribution >= 4 is 17.6 Å². The van der Waals surface area contributed by atoms with Gasteiger partial charge < -0.3 is 5.73 Å². The van der Waals surface area contributed by atoms with E-state index in [4.69, 9.17) is 5.73 Å². The van der Waals surface area contributed by atoms with Crippen LogP contribution in [0.15, 0.2) is 24.4 Å². The maximum atomic E-state index is 5.59. The lowest BCUT2D eigenvalue weighted by atomic mass is 10.2. The largest absolute Gasteiger partial charge is 0.382 e. The first-order chi connectivity index (χ1) is 6.20. The highest BCUT2D eigenvalue weighted by Gasteiger charge is 2.08. The smallest absolute Gasteiger partial charge is 0.153 e. The molecule has 1 rings (SSSR count). The number of aliphatic imine (C=N–C) groups is 1. The van der Waals surface area contributed by atoms with Gasteiger partial charge in [0, 0.05) is 11.8 Å². The average Bonchev–Trinajstić information content (AvgIpc) is 2.47. The normalized spacial score (nSPS) is 11.3. The van der Waals surface area contributed by atoms with E-state index in [1.165, 1.54) is 6.20 Å². The van der Waals surface area contributed by atoms with Crippen LogP contribution in [0.1, 0.15) is 18.2 Å². The molecule has 0 atom stereocenters. The number of aromatic amines is 1. The average molecular weight is 176 g/mol. The minimum atomic E-state index is 0.434. The van der Waals surface area contributed by atoms with Gasteiger partial charge in [-0.3, -0.25) is 10.1 Å². The molecule has 1 heterocycles. The maximum Gasteiger partial charge on any atom is 0.153 e. The predicted octanol–water partition coefficient (Wildman–Crippen LogP) is 1.59. The Kier molecular flexibility index (Phi) is 2.64. The van der Waals surface area contributed by atoms with Gasteiger partial charge in [-0.1, -0.05) is 19.2 Å². The quantitative estimate of drug-likeness (QED) is 0.687. The van der Waals surface area contributed by atoms with Crippen LogP contribution >= 0.6 is 0 Å². The molecule has 4 nitrogen and oxygen atoms in total. The second-order valence-corrected chi connectivity index (χ2v) is 2.50. The number of nitrogen functional groups attached to an aromatic ring is 1. The Morgan fingerprint density at radius 3 is 2.85 bits per heavy atom. The molecule has 68 valence electrons. The van der Waals surface area contributed by atoms with Crippen molar-refractivity contribution in [1.29, 1.82) is 0 Å². The Morgan fingerprint density at radius 2 is 2.31 bits per heavy atom. The minimum Gasteiger partial charge on any atom is -0.382 e. The van der Waals surface area contributed by atoms with Crippen molar-refractivity contribution in [3.63, 3.8) is 0 Å². The Balaban J connectivity index is 3.21. The molecule has 1 aromatic rings. The fraction of sp³-hybridized carbons (Fsp3) is 0.111. The maximum absolute atomic E-state index is 5.59. The molecule has 0 fully saturated rings. The molecule has 0 unspecified atom stereocenters. The zero-order valence-electron chi connectivity index (χ0n) is 7.54. The van der Waals surface area contributed by atoms with Crippen molar-refractivity contribution in [3.05, 3.63) is 30.6 Å². The molecule has 3 N–H and O–H groups in total. The van der Waals surface area contributed by atoms with Crippen LogP contribution < -0.4 is 5.73 Å². The zero-order chi connectivity index (χ0) is 9.84. The summed E-state index contributed by atoms with van der Waals surface area (Å²) in [5.74, 6) is 0.434. The molecule has 0 spiro atoms. The number of nitrogens with zero attached hydrogens (tertiary/aromatic N) is 2. The highest BCUT2D eigenvalue weighted by atomic mass is 15.2. The van der Waals surface area contributed by atoms with E-state index in [1.807, 2.05) is 6.92 Å². The summed E-state index contributed by atoms with van der Waals surface area (Å²) in [5, 5.41) is 6.64. The Bertz CT molecular complexity index is 360. The number of anilines is 1. The fourth-order valence-corrected chi connectivity index (χ4v) is 1.05. The van der Waals surface area contributed by atoms with Crippen LogP contribution in [-0.2, 0) is 0 Å². The van der Waals surface area contributed by atoms with Gasteiger partial charge in [0.15, 0.2) is 5.82 Å². The van der Waals surface area contributed by atoms with E-state index in [1.54, 1.807) is 6.08 Å². The Morgan fingerprint density at radius 1 is 1.62 bits per heavy atom. The first-order valence-electron chi connectivity index (χ1n) is 3.82.